The Labute approximate surface area is 134 Å². The van der Waals surface area contributed by atoms with E-state index in [0.717, 1.165) is 24.5 Å². The Morgan fingerprint density at radius 1 is 1.36 bits per heavy atom. The third kappa shape index (κ3) is 4.94. The fourth-order valence-electron chi connectivity index (χ4n) is 2.38. The zero-order valence-electron chi connectivity index (χ0n) is 14.5. The maximum Gasteiger partial charge on any atom is 0.126 e. The molecule has 0 aromatic heterocycles. The highest BCUT2D eigenvalue weighted by atomic mass is 16.5. The summed E-state index contributed by atoms with van der Waals surface area (Å²) in [4.78, 5) is 0. The normalized spacial score (nSPS) is 18.4. The van der Waals surface area contributed by atoms with Crippen molar-refractivity contribution in [3.63, 3.8) is 0 Å². The molecule has 0 fully saturated rings. The van der Waals surface area contributed by atoms with Crippen molar-refractivity contribution in [1.82, 2.24) is 0 Å². The van der Waals surface area contributed by atoms with E-state index in [0.29, 0.717) is 17.9 Å². The summed E-state index contributed by atoms with van der Waals surface area (Å²) in [6.45, 7) is 12.4. The smallest absolute Gasteiger partial charge is 0.126 e. The van der Waals surface area contributed by atoms with Gasteiger partial charge in [-0.15, -0.1) is 0 Å². The van der Waals surface area contributed by atoms with E-state index in [1.165, 1.54) is 11.1 Å². The monoisotopic (exact) mass is 300 g/mol. The number of benzene rings is 1. The van der Waals surface area contributed by atoms with Crippen molar-refractivity contribution in [2.24, 2.45) is 5.41 Å². The van der Waals surface area contributed by atoms with Crippen LogP contribution in [0.3, 0.4) is 0 Å². The summed E-state index contributed by atoms with van der Waals surface area (Å²) in [5, 5.41) is 0. The number of hydrogen-bond acceptors (Lipinski definition) is 2. The summed E-state index contributed by atoms with van der Waals surface area (Å²) in [7, 11) is 0. The first-order valence-corrected chi connectivity index (χ1v) is 8.08. The van der Waals surface area contributed by atoms with Gasteiger partial charge in [0.2, 0.25) is 0 Å². The minimum atomic E-state index is 0.342. The van der Waals surface area contributed by atoms with E-state index >= 15 is 0 Å². The largest absolute Gasteiger partial charge is 0.493 e. The van der Waals surface area contributed by atoms with Crippen LogP contribution < -0.4 is 9.47 Å². The van der Waals surface area contributed by atoms with E-state index in [4.69, 9.17) is 9.47 Å². The fourth-order valence-corrected chi connectivity index (χ4v) is 2.38. The second-order valence-corrected chi connectivity index (χ2v) is 7.34. The number of allylic oxidation sites excluding steroid dienone is 3. The molecule has 1 atom stereocenters. The minimum absolute atomic E-state index is 0.342. The lowest BCUT2D eigenvalue weighted by atomic mass is 9.92. The number of hydrogen-bond donors (Lipinski definition) is 0. The summed E-state index contributed by atoms with van der Waals surface area (Å²) in [6.07, 6.45) is 7.59. The molecule has 0 N–H and O–H groups in total. The average Bonchev–Trinajstić information content (AvgIpc) is 2.78. The van der Waals surface area contributed by atoms with Gasteiger partial charge in [0.15, 0.2) is 0 Å². The summed E-state index contributed by atoms with van der Waals surface area (Å²) in [6, 6.07) is 6.14. The topological polar surface area (TPSA) is 18.5 Å². The molecule has 0 spiro atoms. The molecule has 1 heterocycles. The molecule has 0 bridgehead atoms. The van der Waals surface area contributed by atoms with Gasteiger partial charge in [-0.25, -0.2) is 0 Å². The third-order valence-corrected chi connectivity index (χ3v) is 3.77. The highest BCUT2D eigenvalue weighted by Gasteiger charge is 2.20. The van der Waals surface area contributed by atoms with Crippen LogP contribution in [-0.2, 0) is 0 Å². The average molecular weight is 300 g/mol. The van der Waals surface area contributed by atoms with Gasteiger partial charge in [-0.05, 0) is 30.9 Å². The van der Waals surface area contributed by atoms with Crippen LogP contribution in [0.15, 0.2) is 42.0 Å². The maximum atomic E-state index is 5.79. The Balaban J connectivity index is 1.84. The summed E-state index contributed by atoms with van der Waals surface area (Å²) in [5.41, 5.74) is 2.86. The van der Waals surface area contributed by atoms with Crippen molar-refractivity contribution in [3.8, 4) is 11.5 Å². The number of fused-ring (bicyclic) bond motifs is 1. The van der Waals surface area contributed by atoms with Crippen molar-refractivity contribution in [2.75, 3.05) is 13.2 Å². The van der Waals surface area contributed by atoms with E-state index in [1.54, 1.807) is 0 Å². The van der Waals surface area contributed by atoms with Crippen molar-refractivity contribution in [3.05, 3.63) is 47.6 Å². The van der Waals surface area contributed by atoms with Crippen LogP contribution in [0.25, 0.3) is 0 Å². The van der Waals surface area contributed by atoms with Crippen molar-refractivity contribution in [2.45, 2.75) is 47.0 Å². The number of ether oxygens (including phenoxy) is 2. The minimum Gasteiger partial charge on any atom is -0.493 e. The van der Waals surface area contributed by atoms with Gasteiger partial charge < -0.3 is 9.47 Å². The first kappa shape index (κ1) is 16.7. The zero-order chi connectivity index (χ0) is 16.2. The van der Waals surface area contributed by atoms with Crippen LogP contribution in [0.2, 0.25) is 0 Å². The SMILES string of the molecule is CC(/C=C/CC(C)(C)C)=C\COc1ccc2c(c1)OCC2C. The highest BCUT2D eigenvalue weighted by Crippen LogP contribution is 2.36. The Morgan fingerprint density at radius 3 is 2.86 bits per heavy atom. The number of rotatable bonds is 5. The molecule has 0 saturated heterocycles. The molecule has 120 valence electrons. The summed E-state index contributed by atoms with van der Waals surface area (Å²) >= 11 is 0. The molecule has 1 unspecified atom stereocenters. The van der Waals surface area contributed by atoms with Gasteiger partial charge in [-0.3, -0.25) is 0 Å². The Hall–Kier alpha value is -1.70. The molecule has 2 rings (SSSR count). The molecular weight excluding hydrogens is 272 g/mol. The molecular formula is C20H28O2. The van der Waals surface area contributed by atoms with Gasteiger partial charge in [-0.1, -0.05) is 51.5 Å². The van der Waals surface area contributed by atoms with Gasteiger partial charge in [0.1, 0.15) is 18.1 Å². The van der Waals surface area contributed by atoms with Gasteiger partial charge in [0.05, 0.1) is 6.61 Å². The lowest BCUT2D eigenvalue weighted by Gasteiger charge is -2.14. The predicted molar refractivity (Wildman–Crippen MR) is 92.8 cm³/mol. The third-order valence-electron chi connectivity index (χ3n) is 3.77. The van der Waals surface area contributed by atoms with Crippen LogP contribution in [-0.4, -0.2) is 13.2 Å². The molecule has 0 saturated carbocycles. The maximum absolute atomic E-state index is 5.79. The molecule has 0 radical (unpaired) electrons. The zero-order valence-corrected chi connectivity index (χ0v) is 14.5. The molecule has 1 aromatic rings. The van der Waals surface area contributed by atoms with E-state index in [-0.39, 0.29) is 0 Å². The summed E-state index contributed by atoms with van der Waals surface area (Å²) in [5.74, 6) is 2.32. The van der Waals surface area contributed by atoms with Gasteiger partial charge >= 0.3 is 0 Å². The molecule has 1 aliphatic rings. The lowest BCUT2D eigenvalue weighted by molar-refractivity contribution is 0.331. The lowest BCUT2D eigenvalue weighted by Crippen LogP contribution is -2.01. The standard InChI is InChI=1S/C20H28O2/c1-15(7-6-11-20(3,4)5)10-12-21-17-8-9-18-16(2)14-22-19(18)13-17/h6-10,13,16H,11-12,14H2,1-5H3/b7-6+,15-10+. The van der Waals surface area contributed by atoms with Gasteiger partial charge in [0, 0.05) is 17.5 Å². The quantitative estimate of drug-likeness (QED) is 0.668. The van der Waals surface area contributed by atoms with Crippen LogP contribution in [0, 0.1) is 5.41 Å². The Morgan fingerprint density at radius 2 is 2.14 bits per heavy atom. The van der Waals surface area contributed by atoms with Crippen molar-refractivity contribution >= 4 is 0 Å². The molecule has 0 amide bonds. The van der Waals surface area contributed by atoms with Gasteiger partial charge in [0.25, 0.3) is 0 Å². The van der Waals surface area contributed by atoms with Crippen LogP contribution in [0.5, 0.6) is 11.5 Å². The second kappa shape index (κ2) is 7.04. The Bertz CT molecular complexity index is 562. The van der Waals surface area contributed by atoms with Crippen molar-refractivity contribution < 1.29 is 9.47 Å². The van der Waals surface area contributed by atoms with E-state index in [1.807, 2.05) is 12.1 Å². The summed E-state index contributed by atoms with van der Waals surface area (Å²) < 4.78 is 11.5. The van der Waals surface area contributed by atoms with Crippen LogP contribution in [0.4, 0.5) is 0 Å². The fraction of sp³-hybridized carbons (Fsp3) is 0.500. The van der Waals surface area contributed by atoms with Gasteiger partial charge in [-0.2, -0.15) is 0 Å². The highest BCUT2D eigenvalue weighted by molar-refractivity contribution is 5.45. The second-order valence-electron chi connectivity index (χ2n) is 7.34. The Kier molecular flexibility index (Phi) is 5.33. The van der Waals surface area contributed by atoms with E-state index in [9.17, 15) is 0 Å². The van der Waals surface area contributed by atoms with Crippen molar-refractivity contribution in [1.29, 1.82) is 0 Å². The van der Waals surface area contributed by atoms with Crippen LogP contribution in [0.1, 0.15) is 52.5 Å². The van der Waals surface area contributed by atoms with E-state index in [2.05, 4.69) is 58.9 Å². The predicted octanol–water partition coefficient (Wildman–Crippen LogP) is 5.50. The molecule has 0 aliphatic carbocycles. The first-order valence-electron chi connectivity index (χ1n) is 8.08. The van der Waals surface area contributed by atoms with E-state index < -0.39 is 0 Å². The van der Waals surface area contributed by atoms with Crippen LogP contribution >= 0.6 is 0 Å². The molecule has 1 aromatic carbocycles. The molecule has 1 aliphatic heterocycles. The molecule has 22 heavy (non-hydrogen) atoms. The first-order chi connectivity index (χ1) is 10.3. The molecule has 2 heteroatoms. The molecule has 2 nitrogen and oxygen atoms in total.